The van der Waals surface area contributed by atoms with E-state index in [1.165, 1.54) is 12.0 Å². The smallest absolute Gasteiger partial charge is 0.254 e. The van der Waals surface area contributed by atoms with Gasteiger partial charge < -0.3 is 0 Å². The molecule has 0 aromatic rings. The minimum absolute atomic E-state index is 0.140. The first kappa shape index (κ1) is 11.4. The van der Waals surface area contributed by atoms with E-state index in [-0.39, 0.29) is 11.8 Å². The topological polar surface area (TPSA) is 46.2 Å². The fourth-order valence-corrected chi connectivity index (χ4v) is 2.71. The van der Waals surface area contributed by atoms with Crippen LogP contribution in [-0.4, -0.2) is 11.8 Å². The van der Waals surface area contributed by atoms with Crippen LogP contribution < -0.4 is 5.32 Å². The highest BCUT2D eigenvalue weighted by atomic mass is 16.2. The zero-order chi connectivity index (χ0) is 11.7. The summed E-state index contributed by atoms with van der Waals surface area (Å²) in [5, 5.41) is 2.37. The van der Waals surface area contributed by atoms with E-state index in [9.17, 15) is 9.59 Å². The van der Waals surface area contributed by atoms with Crippen molar-refractivity contribution in [3.8, 4) is 0 Å². The average molecular weight is 221 g/mol. The van der Waals surface area contributed by atoms with Crippen molar-refractivity contribution < 1.29 is 9.59 Å². The number of imide groups is 1. The predicted molar refractivity (Wildman–Crippen MR) is 61.6 cm³/mol. The minimum Gasteiger partial charge on any atom is -0.292 e. The molecule has 1 unspecified atom stereocenters. The van der Waals surface area contributed by atoms with E-state index in [0.717, 1.165) is 24.8 Å². The van der Waals surface area contributed by atoms with E-state index in [1.54, 1.807) is 0 Å². The van der Waals surface area contributed by atoms with Crippen molar-refractivity contribution in [2.24, 2.45) is 11.8 Å². The van der Waals surface area contributed by atoms with Crippen LogP contribution in [0.1, 0.15) is 46.0 Å². The number of hydrogen-bond donors (Lipinski definition) is 1. The van der Waals surface area contributed by atoms with Crippen molar-refractivity contribution in [1.29, 1.82) is 0 Å². The van der Waals surface area contributed by atoms with E-state index in [4.69, 9.17) is 0 Å². The molecule has 1 heterocycles. The van der Waals surface area contributed by atoms with Crippen LogP contribution in [0.3, 0.4) is 0 Å². The number of carbonyl (C=O) groups is 2. The molecule has 3 nitrogen and oxygen atoms in total. The summed E-state index contributed by atoms with van der Waals surface area (Å²) >= 11 is 0. The zero-order valence-corrected chi connectivity index (χ0v) is 10.0. The molecule has 0 radical (unpaired) electrons. The first-order valence-corrected chi connectivity index (χ1v) is 6.13. The van der Waals surface area contributed by atoms with Gasteiger partial charge in [-0.25, -0.2) is 0 Å². The molecule has 1 saturated carbocycles. The number of nitrogens with one attached hydrogen (secondary N) is 1. The normalized spacial score (nSPS) is 31.1. The van der Waals surface area contributed by atoms with Crippen LogP contribution in [0.25, 0.3) is 0 Å². The number of hydrogen-bond acceptors (Lipinski definition) is 2. The predicted octanol–water partition coefficient (Wildman–Crippen LogP) is 2.18. The summed E-state index contributed by atoms with van der Waals surface area (Å²) in [5.74, 6) is 1.05. The van der Waals surface area contributed by atoms with Gasteiger partial charge in [-0.1, -0.05) is 19.4 Å². The van der Waals surface area contributed by atoms with E-state index in [0.29, 0.717) is 18.3 Å². The fraction of sp³-hybridized carbons (Fsp3) is 0.692. The third-order valence-electron chi connectivity index (χ3n) is 3.80. The van der Waals surface area contributed by atoms with Crippen molar-refractivity contribution in [2.45, 2.75) is 46.0 Å². The van der Waals surface area contributed by atoms with Crippen molar-refractivity contribution in [2.75, 3.05) is 0 Å². The summed E-state index contributed by atoms with van der Waals surface area (Å²) in [6.45, 7) is 4.47. The molecule has 1 N–H and O–H groups in total. The standard InChI is InChI=1S/C13H19NO2/c1-8(2)9-4-3-5-10(6-9)11-7-12(15)14-13(11)16/h8-9H,3-7H2,1-2H3,(H,14,15,16). The Labute approximate surface area is 96.3 Å². The van der Waals surface area contributed by atoms with Crippen LogP contribution in [-0.2, 0) is 9.59 Å². The van der Waals surface area contributed by atoms with Gasteiger partial charge in [-0.3, -0.25) is 14.9 Å². The van der Waals surface area contributed by atoms with Gasteiger partial charge >= 0.3 is 0 Å². The summed E-state index contributed by atoms with van der Waals surface area (Å²) in [6, 6.07) is 0. The molecule has 2 fully saturated rings. The lowest BCUT2D eigenvalue weighted by molar-refractivity contribution is -0.124. The molecule has 2 rings (SSSR count). The summed E-state index contributed by atoms with van der Waals surface area (Å²) in [4.78, 5) is 22.7. The fourth-order valence-electron chi connectivity index (χ4n) is 2.71. The lowest BCUT2D eigenvalue weighted by Gasteiger charge is -2.28. The van der Waals surface area contributed by atoms with Gasteiger partial charge in [0.15, 0.2) is 0 Å². The van der Waals surface area contributed by atoms with Crippen LogP contribution in [0.15, 0.2) is 11.1 Å². The second kappa shape index (κ2) is 4.40. The molecule has 3 heteroatoms. The molecule has 0 spiro atoms. The Morgan fingerprint density at radius 3 is 2.62 bits per heavy atom. The highest BCUT2D eigenvalue weighted by Gasteiger charge is 2.30. The molecular formula is C13H19NO2. The maximum atomic E-state index is 11.6. The van der Waals surface area contributed by atoms with E-state index < -0.39 is 0 Å². The van der Waals surface area contributed by atoms with Gasteiger partial charge in [0.05, 0.1) is 6.42 Å². The van der Waals surface area contributed by atoms with Gasteiger partial charge in [-0.2, -0.15) is 0 Å². The van der Waals surface area contributed by atoms with Crippen molar-refractivity contribution in [3.63, 3.8) is 0 Å². The Morgan fingerprint density at radius 2 is 2.06 bits per heavy atom. The van der Waals surface area contributed by atoms with Gasteiger partial charge in [0, 0.05) is 5.57 Å². The maximum Gasteiger partial charge on any atom is 0.254 e. The molecule has 88 valence electrons. The number of rotatable bonds is 1. The van der Waals surface area contributed by atoms with Crippen LogP contribution in [0.4, 0.5) is 0 Å². The van der Waals surface area contributed by atoms with Crippen molar-refractivity contribution in [1.82, 2.24) is 5.32 Å². The van der Waals surface area contributed by atoms with Gasteiger partial charge in [-0.15, -0.1) is 0 Å². The van der Waals surface area contributed by atoms with Crippen LogP contribution >= 0.6 is 0 Å². The Hall–Kier alpha value is -1.12. The third kappa shape index (κ3) is 2.18. The van der Waals surface area contributed by atoms with E-state index in [1.807, 2.05) is 0 Å². The first-order chi connectivity index (χ1) is 7.58. The van der Waals surface area contributed by atoms with Crippen LogP contribution in [0.5, 0.6) is 0 Å². The highest BCUT2D eigenvalue weighted by molar-refractivity contribution is 6.13. The number of carbonyl (C=O) groups excluding carboxylic acids is 2. The van der Waals surface area contributed by atoms with E-state index >= 15 is 0 Å². The lowest BCUT2D eigenvalue weighted by Crippen LogP contribution is -2.21. The Kier molecular flexibility index (Phi) is 3.13. The average Bonchev–Trinajstić information content (AvgIpc) is 2.58. The first-order valence-electron chi connectivity index (χ1n) is 6.13. The summed E-state index contributed by atoms with van der Waals surface area (Å²) in [7, 11) is 0. The van der Waals surface area contributed by atoms with Crippen molar-refractivity contribution in [3.05, 3.63) is 11.1 Å². The Balaban J connectivity index is 2.17. The summed E-state index contributed by atoms with van der Waals surface area (Å²) < 4.78 is 0. The Morgan fingerprint density at radius 1 is 1.31 bits per heavy atom. The number of amides is 2. The molecule has 0 bridgehead atoms. The van der Waals surface area contributed by atoms with E-state index in [2.05, 4.69) is 19.2 Å². The molecule has 2 amide bonds. The Bertz CT molecular complexity index is 355. The molecule has 16 heavy (non-hydrogen) atoms. The van der Waals surface area contributed by atoms with Crippen molar-refractivity contribution >= 4 is 11.8 Å². The second-order valence-corrected chi connectivity index (χ2v) is 5.24. The zero-order valence-electron chi connectivity index (χ0n) is 10.0. The molecule has 0 aromatic heterocycles. The largest absolute Gasteiger partial charge is 0.292 e. The maximum absolute atomic E-state index is 11.6. The molecule has 1 aliphatic carbocycles. The molecule has 1 atom stereocenters. The summed E-state index contributed by atoms with van der Waals surface area (Å²) in [5.41, 5.74) is 1.99. The molecule has 1 saturated heterocycles. The SMILES string of the molecule is CC(C)C1CCCC(=C2CC(=O)NC2=O)C1. The molecular weight excluding hydrogens is 202 g/mol. The lowest BCUT2D eigenvalue weighted by atomic mass is 9.77. The molecule has 1 aliphatic heterocycles. The summed E-state index contributed by atoms with van der Waals surface area (Å²) in [6.07, 6.45) is 4.72. The molecule has 0 aromatic carbocycles. The molecule has 2 aliphatic rings. The van der Waals surface area contributed by atoms with Gasteiger partial charge in [0.25, 0.3) is 5.91 Å². The minimum atomic E-state index is -0.149. The van der Waals surface area contributed by atoms with Crippen LogP contribution in [0.2, 0.25) is 0 Å². The van der Waals surface area contributed by atoms with Crippen LogP contribution in [0, 0.1) is 11.8 Å². The van der Waals surface area contributed by atoms with Gasteiger partial charge in [-0.05, 0) is 37.5 Å². The highest BCUT2D eigenvalue weighted by Crippen LogP contribution is 2.36. The quantitative estimate of drug-likeness (QED) is 0.545. The van der Waals surface area contributed by atoms with Gasteiger partial charge in [0.2, 0.25) is 5.91 Å². The second-order valence-electron chi connectivity index (χ2n) is 5.24. The third-order valence-corrected chi connectivity index (χ3v) is 3.80. The van der Waals surface area contributed by atoms with Gasteiger partial charge in [0.1, 0.15) is 0 Å². The monoisotopic (exact) mass is 221 g/mol. The number of allylic oxidation sites excluding steroid dienone is 1.